The Bertz CT molecular complexity index is 524. The molecule has 0 bridgehead atoms. The van der Waals surface area contributed by atoms with E-state index in [0.717, 1.165) is 24.6 Å². The van der Waals surface area contributed by atoms with Crippen LogP contribution >= 0.6 is 0 Å². The Balaban J connectivity index is 1.84. The van der Waals surface area contributed by atoms with E-state index in [0.29, 0.717) is 12.1 Å². The maximum absolute atomic E-state index is 11.7. The van der Waals surface area contributed by atoms with Crippen LogP contribution in [-0.2, 0) is 4.74 Å². The number of esters is 1. The quantitative estimate of drug-likeness (QED) is 0.824. The summed E-state index contributed by atoms with van der Waals surface area (Å²) in [6, 6.07) is 3.02. The van der Waals surface area contributed by atoms with Crippen molar-refractivity contribution in [3.05, 3.63) is 17.6 Å². The third-order valence-electron chi connectivity index (χ3n) is 4.07. The van der Waals surface area contributed by atoms with E-state index >= 15 is 0 Å². The monoisotopic (exact) mass is 290 g/mol. The van der Waals surface area contributed by atoms with Gasteiger partial charge in [-0.05, 0) is 39.2 Å². The fraction of sp³-hybridized carbons (Fsp3) is 0.667. The van der Waals surface area contributed by atoms with Crippen molar-refractivity contribution in [1.82, 2.24) is 15.3 Å². The van der Waals surface area contributed by atoms with E-state index in [9.17, 15) is 4.79 Å². The number of nitrogens with one attached hydrogen (secondary N) is 1. The number of hydrogen-bond donors (Lipinski definition) is 1. The summed E-state index contributed by atoms with van der Waals surface area (Å²) in [7, 11) is 1.36. The van der Waals surface area contributed by atoms with Gasteiger partial charge in [0.25, 0.3) is 0 Å². The second-order valence-corrected chi connectivity index (χ2v) is 5.86. The van der Waals surface area contributed by atoms with Crippen LogP contribution in [0, 0.1) is 6.92 Å². The summed E-state index contributed by atoms with van der Waals surface area (Å²) in [6.07, 6.45) is 4.84. The average molecular weight is 290 g/mol. The van der Waals surface area contributed by atoms with E-state index in [2.05, 4.69) is 20.2 Å². The molecule has 2 aliphatic rings. The zero-order chi connectivity index (χ0) is 14.8. The average Bonchev–Trinajstić information content (AvgIpc) is 3.19. The highest BCUT2D eigenvalue weighted by atomic mass is 16.5. The van der Waals surface area contributed by atoms with Gasteiger partial charge in [-0.15, -0.1) is 0 Å². The number of nitrogens with zero attached hydrogens (tertiary/aromatic N) is 3. The molecule has 1 aromatic heterocycles. The van der Waals surface area contributed by atoms with Crippen molar-refractivity contribution in [3.63, 3.8) is 0 Å². The predicted octanol–water partition coefficient (Wildman–Crippen LogP) is 1.29. The largest absolute Gasteiger partial charge is 0.463 e. The molecule has 0 aromatic carbocycles. The fourth-order valence-electron chi connectivity index (χ4n) is 2.85. The van der Waals surface area contributed by atoms with Crippen molar-refractivity contribution in [3.8, 4) is 0 Å². The van der Waals surface area contributed by atoms with Crippen molar-refractivity contribution in [2.24, 2.45) is 0 Å². The van der Waals surface area contributed by atoms with Crippen LogP contribution in [0.4, 0.5) is 5.82 Å². The van der Waals surface area contributed by atoms with Crippen LogP contribution in [0.25, 0.3) is 0 Å². The predicted molar refractivity (Wildman–Crippen MR) is 79.5 cm³/mol. The summed E-state index contributed by atoms with van der Waals surface area (Å²) in [6.45, 7) is 3.93. The summed E-state index contributed by atoms with van der Waals surface area (Å²) in [5, 5.41) is 3.53. The first-order valence-electron chi connectivity index (χ1n) is 7.61. The molecule has 2 fully saturated rings. The molecule has 1 atom stereocenters. The van der Waals surface area contributed by atoms with Crippen LogP contribution in [0.2, 0.25) is 0 Å². The first-order chi connectivity index (χ1) is 10.2. The van der Waals surface area contributed by atoms with Crippen LogP contribution in [-0.4, -0.2) is 48.2 Å². The van der Waals surface area contributed by atoms with E-state index in [1.165, 1.54) is 32.8 Å². The molecule has 0 amide bonds. The smallest absolute Gasteiger partial charge is 0.376 e. The Morgan fingerprint density at radius 1 is 1.43 bits per heavy atom. The second-order valence-electron chi connectivity index (χ2n) is 5.86. The SMILES string of the molecule is COC(=O)c1nc(C)cc(N(CC2CCCN2)C2CC2)n1. The van der Waals surface area contributed by atoms with Gasteiger partial charge in [-0.25, -0.2) is 14.8 Å². The van der Waals surface area contributed by atoms with E-state index in [1.807, 2.05) is 13.0 Å². The molecule has 1 aliphatic carbocycles. The number of anilines is 1. The molecule has 3 rings (SSSR count). The lowest BCUT2D eigenvalue weighted by atomic mass is 10.2. The minimum atomic E-state index is -0.477. The van der Waals surface area contributed by atoms with Crippen LogP contribution in [0.15, 0.2) is 6.07 Å². The maximum Gasteiger partial charge on any atom is 0.376 e. The molecule has 1 N–H and O–H groups in total. The number of aromatic nitrogens is 2. The molecule has 1 saturated carbocycles. The van der Waals surface area contributed by atoms with Gasteiger partial charge in [0, 0.05) is 30.4 Å². The number of methoxy groups -OCH3 is 1. The Morgan fingerprint density at radius 2 is 2.24 bits per heavy atom. The summed E-state index contributed by atoms with van der Waals surface area (Å²) in [4.78, 5) is 22.6. The zero-order valence-corrected chi connectivity index (χ0v) is 12.6. The highest BCUT2D eigenvalue weighted by Crippen LogP contribution is 2.31. The normalized spacial score (nSPS) is 21.3. The van der Waals surface area contributed by atoms with E-state index in [-0.39, 0.29) is 5.82 Å². The maximum atomic E-state index is 11.7. The topological polar surface area (TPSA) is 67.3 Å². The third-order valence-corrected chi connectivity index (χ3v) is 4.07. The minimum absolute atomic E-state index is 0.150. The molecule has 6 nitrogen and oxygen atoms in total. The van der Waals surface area contributed by atoms with Gasteiger partial charge in [0.1, 0.15) is 5.82 Å². The van der Waals surface area contributed by atoms with Crippen molar-refractivity contribution < 1.29 is 9.53 Å². The highest BCUT2D eigenvalue weighted by Gasteiger charge is 2.33. The first-order valence-corrected chi connectivity index (χ1v) is 7.61. The summed E-state index contributed by atoms with van der Waals surface area (Å²) >= 11 is 0. The zero-order valence-electron chi connectivity index (χ0n) is 12.6. The lowest BCUT2D eigenvalue weighted by Gasteiger charge is -2.27. The number of carbonyl (C=O) groups excluding carboxylic acids is 1. The van der Waals surface area contributed by atoms with Gasteiger partial charge in [0.2, 0.25) is 5.82 Å². The van der Waals surface area contributed by atoms with Gasteiger partial charge < -0.3 is 15.0 Å². The molecule has 114 valence electrons. The number of ether oxygens (including phenoxy) is 1. The van der Waals surface area contributed by atoms with Crippen molar-refractivity contribution in [1.29, 1.82) is 0 Å². The molecular formula is C15H22N4O2. The van der Waals surface area contributed by atoms with Crippen molar-refractivity contribution in [2.45, 2.75) is 44.7 Å². The van der Waals surface area contributed by atoms with Gasteiger partial charge in [0.05, 0.1) is 7.11 Å². The lowest BCUT2D eigenvalue weighted by Crippen LogP contribution is -2.39. The summed E-state index contributed by atoms with van der Waals surface area (Å²) in [5.74, 6) is 0.520. The number of hydrogen-bond acceptors (Lipinski definition) is 6. The van der Waals surface area contributed by atoms with Crippen LogP contribution in [0.1, 0.15) is 42.0 Å². The van der Waals surface area contributed by atoms with Gasteiger partial charge in [-0.2, -0.15) is 0 Å². The van der Waals surface area contributed by atoms with Crippen molar-refractivity contribution >= 4 is 11.8 Å². The molecule has 21 heavy (non-hydrogen) atoms. The van der Waals surface area contributed by atoms with E-state index in [1.54, 1.807) is 0 Å². The Morgan fingerprint density at radius 3 is 2.86 bits per heavy atom. The standard InChI is InChI=1S/C15H22N4O2/c1-10-8-13(18-14(17-10)15(20)21-2)19(12-5-6-12)9-11-4-3-7-16-11/h8,11-12,16H,3-7,9H2,1-2H3. The minimum Gasteiger partial charge on any atom is -0.463 e. The molecule has 6 heteroatoms. The van der Waals surface area contributed by atoms with Gasteiger partial charge in [-0.3, -0.25) is 0 Å². The Labute approximate surface area is 124 Å². The lowest BCUT2D eigenvalue weighted by molar-refractivity contribution is 0.0586. The molecule has 2 heterocycles. The number of rotatable bonds is 5. The molecule has 0 spiro atoms. The van der Waals surface area contributed by atoms with E-state index < -0.39 is 5.97 Å². The van der Waals surface area contributed by atoms with E-state index in [4.69, 9.17) is 4.74 Å². The third kappa shape index (κ3) is 3.32. The Kier molecular flexibility index (Phi) is 4.05. The van der Waals surface area contributed by atoms with Gasteiger partial charge in [-0.1, -0.05) is 0 Å². The van der Waals surface area contributed by atoms with Crippen LogP contribution < -0.4 is 10.2 Å². The summed E-state index contributed by atoms with van der Waals surface area (Å²) < 4.78 is 4.74. The van der Waals surface area contributed by atoms with Gasteiger partial charge >= 0.3 is 5.97 Å². The highest BCUT2D eigenvalue weighted by molar-refractivity contribution is 5.85. The molecule has 1 unspecified atom stereocenters. The summed E-state index contributed by atoms with van der Waals surface area (Å²) in [5.41, 5.74) is 0.797. The molecule has 1 aliphatic heterocycles. The van der Waals surface area contributed by atoms with Crippen LogP contribution in [0.5, 0.6) is 0 Å². The van der Waals surface area contributed by atoms with Gasteiger partial charge in [0.15, 0.2) is 0 Å². The van der Waals surface area contributed by atoms with Crippen molar-refractivity contribution in [2.75, 3.05) is 25.1 Å². The first kappa shape index (κ1) is 14.3. The molecule has 1 saturated heterocycles. The molecule has 0 radical (unpaired) electrons. The second kappa shape index (κ2) is 5.97. The fourth-order valence-corrected chi connectivity index (χ4v) is 2.85. The van der Waals surface area contributed by atoms with Crippen LogP contribution in [0.3, 0.4) is 0 Å². The number of carbonyl (C=O) groups is 1. The number of aryl methyl sites for hydroxylation is 1. The Hall–Kier alpha value is -1.69. The molecule has 1 aromatic rings. The molecular weight excluding hydrogens is 268 g/mol.